The van der Waals surface area contributed by atoms with Crippen molar-refractivity contribution >= 4 is 5.57 Å². The zero-order valence-electron chi connectivity index (χ0n) is 32.5. The van der Waals surface area contributed by atoms with E-state index in [-0.39, 0.29) is 17.4 Å². The number of hydrogen-bond donors (Lipinski definition) is 0. The van der Waals surface area contributed by atoms with Crippen molar-refractivity contribution in [2.45, 2.75) is 80.1 Å². The number of benzene rings is 4. The Balaban J connectivity index is 1.04. The summed E-state index contributed by atoms with van der Waals surface area (Å²) in [5.41, 5.74) is 15.8. The zero-order valence-corrected chi connectivity index (χ0v) is 32.5. The fourth-order valence-electron chi connectivity index (χ4n) is 12.6. The van der Waals surface area contributed by atoms with Crippen LogP contribution in [-0.2, 0) is 5.41 Å². The molecule has 1 spiro atoms. The molecule has 0 radical (unpaired) electrons. The number of allylic oxidation sites excluding steroid dienone is 13. The van der Waals surface area contributed by atoms with Crippen molar-refractivity contribution in [3.8, 4) is 5.75 Å². The van der Waals surface area contributed by atoms with E-state index in [2.05, 4.69) is 175 Å². The molecular formula is C55H49NO. The molecule has 2 nitrogen and oxygen atoms in total. The minimum Gasteiger partial charge on any atom is -0.485 e. The Morgan fingerprint density at radius 2 is 1.54 bits per heavy atom. The summed E-state index contributed by atoms with van der Waals surface area (Å²) in [6, 6.07) is 37.0. The highest BCUT2D eigenvalue weighted by Crippen LogP contribution is 2.69. The van der Waals surface area contributed by atoms with Crippen molar-refractivity contribution in [1.82, 2.24) is 4.90 Å². The van der Waals surface area contributed by atoms with Crippen LogP contribution >= 0.6 is 0 Å². The predicted molar refractivity (Wildman–Crippen MR) is 232 cm³/mol. The summed E-state index contributed by atoms with van der Waals surface area (Å²) >= 11 is 0. The molecule has 280 valence electrons. The van der Waals surface area contributed by atoms with Crippen molar-refractivity contribution in [3.63, 3.8) is 0 Å². The lowest BCUT2D eigenvalue weighted by Crippen LogP contribution is -2.41. The highest BCUT2D eigenvalue weighted by atomic mass is 16.5. The highest BCUT2D eigenvalue weighted by Gasteiger charge is 2.62. The summed E-state index contributed by atoms with van der Waals surface area (Å²) in [6.45, 7) is 0. The second kappa shape index (κ2) is 13.2. The van der Waals surface area contributed by atoms with Crippen LogP contribution in [0.3, 0.4) is 0 Å². The Hall–Kier alpha value is -5.60. The van der Waals surface area contributed by atoms with Crippen LogP contribution in [0.4, 0.5) is 0 Å². The average Bonchev–Trinajstić information content (AvgIpc) is 3.91. The normalized spacial score (nSPS) is 30.8. The van der Waals surface area contributed by atoms with Gasteiger partial charge in [0.2, 0.25) is 0 Å². The second-order valence-corrected chi connectivity index (χ2v) is 17.5. The van der Waals surface area contributed by atoms with Gasteiger partial charge in [0.25, 0.3) is 0 Å². The Labute approximate surface area is 337 Å². The van der Waals surface area contributed by atoms with Gasteiger partial charge in [-0.2, -0.15) is 0 Å². The molecule has 0 amide bonds. The van der Waals surface area contributed by atoms with Gasteiger partial charge in [-0.15, -0.1) is 0 Å². The third-order valence-electron chi connectivity index (χ3n) is 14.9. The maximum Gasteiger partial charge on any atom is 0.130 e. The monoisotopic (exact) mass is 739 g/mol. The number of rotatable bonds is 5. The van der Waals surface area contributed by atoms with E-state index in [9.17, 15) is 0 Å². The first-order chi connectivity index (χ1) is 28.3. The molecule has 4 aromatic rings. The molecule has 0 bridgehead atoms. The molecule has 1 aliphatic heterocycles. The minimum atomic E-state index is -0.111. The van der Waals surface area contributed by atoms with Gasteiger partial charge in [-0.3, -0.25) is 0 Å². The van der Waals surface area contributed by atoms with Crippen LogP contribution < -0.4 is 4.74 Å². The van der Waals surface area contributed by atoms with Gasteiger partial charge in [0.15, 0.2) is 0 Å². The number of nitrogens with zero attached hydrogens (tertiary/aromatic N) is 1. The van der Waals surface area contributed by atoms with Gasteiger partial charge in [-0.1, -0.05) is 146 Å². The molecule has 0 saturated heterocycles. The predicted octanol–water partition coefficient (Wildman–Crippen LogP) is 13.1. The molecule has 8 unspecified atom stereocenters. The van der Waals surface area contributed by atoms with Gasteiger partial charge in [0, 0.05) is 45.8 Å². The SMILES string of the molecule is C1=CCCC(c2ccc3c(c2)C2(c4ccccc4C4C=CCCC42)C2C=C(N(C4=CCC(c5ccccc5)CC4)C4=CC=CC5Oc6ccccc6C45)C=CC32)=C1. The molecule has 4 aromatic carbocycles. The molecule has 8 aliphatic rings. The van der Waals surface area contributed by atoms with E-state index >= 15 is 0 Å². The summed E-state index contributed by atoms with van der Waals surface area (Å²) in [5, 5.41) is 0. The summed E-state index contributed by atoms with van der Waals surface area (Å²) in [4.78, 5) is 2.70. The van der Waals surface area contributed by atoms with E-state index in [0.29, 0.717) is 29.6 Å². The standard InChI is InChI=1S/C55H49NO/c1-3-14-36(15-4-1)38-26-29-40(30-27-38)56(51-23-13-25-53-54(51)46-20-9-12-24-52(46)57-53)41-31-33-45-44-32-28-39(37-16-5-2-6-17-37)34-49(44)55(50(45)35-41)47-21-10-7-18-42(47)43-19-8-11-22-48(43)55/h1-5,7-10,12-16,18-21,23-25,28-29,31-35,38,43,45,48,50,53-54H,6,11,17,22,26-27,30H2. The fourth-order valence-corrected chi connectivity index (χ4v) is 12.6. The zero-order chi connectivity index (χ0) is 37.5. The van der Waals surface area contributed by atoms with Gasteiger partial charge < -0.3 is 9.64 Å². The molecule has 12 rings (SSSR count). The Morgan fingerprint density at radius 3 is 2.42 bits per heavy atom. The number of para-hydroxylation sites is 1. The van der Waals surface area contributed by atoms with Crippen molar-refractivity contribution < 1.29 is 4.74 Å². The van der Waals surface area contributed by atoms with Crippen LogP contribution in [0.25, 0.3) is 5.57 Å². The molecule has 7 aliphatic carbocycles. The first-order valence-corrected chi connectivity index (χ1v) is 21.6. The minimum absolute atomic E-state index is 0.00648. The summed E-state index contributed by atoms with van der Waals surface area (Å²) in [7, 11) is 0. The third kappa shape index (κ3) is 5.02. The Morgan fingerprint density at radius 1 is 0.684 bits per heavy atom. The molecule has 0 saturated carbocycles. The fraction of sp³-hybridized carbons (Fsp3) is 0.273. The van der Waals surface area contributed by atoms with Crippen molar-refractivity contribution in [2.24, 2.45) is 11.8 Å². The first kappa shape index (κ1) is 33.5. The van der Waals surface area contributed by atoms with Gasteiger partial charge >= 0.3 is 0 Å². The number of ether oxygens (including phenoxy) is 1. The average molecular weight is 740 g/mol. The van der Waals surface area contributed by atoms with Crippen LogP contribution in [0.5, 0.6) is 5.75 Å². The second-order valence-electron chi connectivity index (χ2n) is 17.5. The molecular weight excluding hydrogens is 691 g/mol. The van der Waals surface area contributed by atoms with E-state index in [1.165, 1.54) is 51.3 Å². The van der Waals surface area contributed by atoms with Crippen LogP contribution in [-0.4, -0.2) is 11.0 Å². The molecule has 1 heterocycles. The molecule has 8 atom stereocenters. The lowest BCUT2D eigenvalue weighted by molar-refractivity contribution is 0.240. The topological polar surface area (TPSA) is 12.5 Å². The quantitative estimate of drug-likeness (QED) is 0.189. The maximum atomic E-state index is 6.66. The van der Waals surface area contributed by atoms with Crippen LogP contribution in [0, 0.1) is 11.8 Å². The van der Waals surface area contributed by atoms with Crippen LogP contribution in [0.15, 0.2) is 187 Å². The molecule has 2 heteroatoms. The largest absolute Gasteiger partial charge is 0.485 e. The van der Waals surface area contributed by atoms with Crippen molar-refractivity contribution in [1.29, 1.82) is 0 Å². The summed E-state index contributed by atoms with van der Waals surface area (Å²) in [6.07, 6.45) is 37.1. The van der Waals surface area contributed by atoms with E-state index in [4.69, 9.17) is 4.74 Å². The first-order valence-electron chi connectivity index (χ1n) is 21.6. The molecule has 57 heavy (non-hydrogen) atoms. The van der Waals surface area contributed by atoms with Gasteiger partial charge in [0.1, 0.15) is 11.9 Å². The number of fused-ring (bicyclic) bond motifs is 13. The smallest absolute Gasteiger partial charge is 0.130 e. The van der Waals surface area contributed by atoms with E-state index in [1.54, 1.807) is 16.7 Å². The Bertz CT molecular complexity index is 2540. The summed E-state index contributed by atoms with van der Waals surface area (Å²) < 4.78 is 6.66. The number of hydrogen-bond acceptors (Lipinski definition) is 2. The van der Waals surface area contributed by atoms with E-state index in [0.717, 1.165) is 44.3 Å². The van der Waals surface area contributed by atoms with Gasteiger partial charge in [-0.25, -0.2) is 0 Å². The van der Waals surface area contributed by atoms with Crippen molar-refractivity contribution in [3.05, 3.63) is 226 Å². The van der Waals surface area contributed by atoms with Crippen molar-refractivity contribution in [2.75, 3.05) is 0 Å². The maximum absolute atomic E-state index is 6.66. The van der Waals surface area contributed by atoms with E-state index in [1.807, 2.05) is 0 Å². The molecule has 0 N–H and O–H groups in total. The van der Waals surface area contributed by atoms with Gasteiger partial charge in [0.05, 0.1) is 5.92 Å². The lowest BCUT2D eigenvalue weighted by Gasteiger charge is -2.44. The Kier molecular flexibility index (Phi) is 7.79. The molecule has 0 fully saturated rings. The molecule has 0 aromatic heterocycles. The third-order valence-corrected chi connectivity index (χ3v) is 14.9. The van der Waals surface area contributed by atoms with Crippen LogP contribution in [0.2, 0.25) is 0 Å². The van der Waals surface area contributed by atoms with Crippen LogP contribution in [0.1, 0.15) is 108 Å². The van der Waals surface area contributed by atoms with E-state index < -0.39 is 0 Å². The van der Waals surface area contributed by atoms with Gasteiger partial charge in [-0.05, 0) is 120 Å². The summed E-state index contributed by atoms with van der Waals surface area (Å²) in [5.74, 6) is 3.28. The highest BCUT2D eigenvalue weighted by molar-refractivity contribution is 5.73. The lowest BCUT2D eigenvalue weighted by atomic mass is 9.60.